The van der Waals surface area contributed by atoms with Crippen LogP contribution in [0.5, 0.6) is 0 Å². The molecule has 1 unspecified atom stereocenters. The van der Waals surface area contributed by atoms with Gasteiger partial charge in [0.1, 0.15) is 33.9 Å². The summed E-state index contributed by atoms with van der Waals surface area (Å²) in [5, 5.41) is 12.6. The van der Waals surface area contributed by atoms with E-state index in [1.165, 1.54) is 28.0 Å². The fourth-order valence-electron chi connectivity index (χ4n) is 8.65. The second-order valence-electron chi connectivity index (χ2n) is 17.9. The third-order valence-corrected chi connectivity index (χ3v) is 15.3. The van der Waals surface area contributed by atoms with Crippen molar-refractivity contribution in [2.24, 2.45) is 5.16 Å². The number of hydrogen-bond donors (Lipinski definition) is 2. The number of thiazole rings is 1. The van der Waals surface area contributed by atoms with Crippen LogP contribution in [0.25, 0.3) is 0 Å². The summed E-state index contributed by atoms with van der Waals surface area (Å²) in [6.07, 6.45) is 0.651. The number of thioether (sulfide) groups is 1. The molecule has 12 nitrogen and oxygen atoms in total. The van der Waals surface area contributed by atoms with E-state index in [-0.39, 0.29) is 17.1 Å². The number of rotatable bonds is 16. The van der Waals surface area contributed by atoms with E-state index in [2.05, 4.69) is 74.8 Å². The van der Waals surface area contributed by atoms with Gasteiger partial charge in [0.2, 0.25) is 5.60 Å². The van der Waals surface area contributed by atoms with E-state index in [0.717, 1.165) is 33.4 Å². The molecular formula is C54H50IN5O7S2. The Kier molecular flexibility index (Phi) is 14.1. The summed E-state index contributed by atoms with van der Waals surface area (Å²) in [5.74, 6) is -2.00. The van der Waals surface area contributed by atoms with Crippen molar-refractivity contribution < 1.29 is 33.5 Å². The highest BCUT2D eigenvalue weighted by molar-refractivity contribution is 14.1. The number of nitrogens with one attached hydrogen (secondary N) is 2. The topological polar surface area (TPSA) is 149 Å². The number of anilines is 1. The lowest BCUT2D eigenvalue weighted by molar-refractivity contribution is -0.196. The van der Waals surface area contributed by atoms with E-state index in [9.17, 15) is 19.2 Å². The van der Waals surface area contributed by atoms with Crippen LogP contribution < -0.4 is 10.6 Å². The zero-order chi connectivity index (χ0) is 48.2. The highest BCUT2D eigenvalue weighted by atomic mass is 127. The van der Waals surface area contributed by atoms with Crippen molar-refractivity contribution in [3.63, 3.8) is 0 Å². The molecule has 3 aliphatic rings. The van der Waals surface area contributed by atoms with Crippen molar-refractivity contribution in [1.29, 1.82) is 0 Å². The fraction of sp³-hybridized carbons (Fsp3) is 0.259. The number of nitrogens with zero attached hydrogens (tertiary/aromatic N) is 3. The molecule has 0 radical (unpaired) electrons. The smallest absolute Gasteiger partial charge is 0.356 e. The minimum absolute atomic E-state index is 0.158. The third-order valence-electron chi connectivity index (χ3n) is 12.2. The van der Waals surface area contributed by atoms with Gasteiger partial charge in [-0.2, -0.15) is 0 Å². The van der Waals surface area contributed by atoms with Gasteiger partial charge in [-0.05, 0) is 60.6 Å². The van der Waals surface area contributed by atoms with Crippen LogP contribution in [-0.2, 0) is 39.0 Å². The fourth-order valence-corrected chi connectivity index (χ4v) is 11.7. The molecule has 3 heterocycles. The number of alkyl halides is 1. The first kappa shape index (κ1) is 47.8. The van der Waals surface area contributed by atoms with Gasteiger partial charge in [-0.1, -0.05) is 179 Å². The van der Waals surface area contributed by atoms with Gasteiger partial charge in [0, 0.05) is 28.4 Å². The molecule has 1 aromatic heterocycles. The number of halogens is 1. The van der Waals surface area contributed by atoms with Gasteiger partial charge in [0.15, 0.2) is 16.9 Å². The number of carbonyl (C=O) groups excluding carboxylic acids is 4. The number of aromatic nitrogens is 1. The summed E-state index contributed by atoms with van der Waals surface area (Å²) in [4.78, 5) is 69.6. The Bertz CT molecular complexity index is 2740. The molecule has 2 fully saturated rings. The number of hydrogen-bond acceptors (Lipinski definition) is 12. The molecule has 69 heavy (non-hydrogen) atoms. The van der Waals surface area contributed by atoms with Crippen LogP contribution in [0.1, 0.15) is 79.6 Å². The van der Waals surface area contributed by atoms with Gasteiger partial charge in [0.05, 0.1) is 0 Å². The lowest BCUT2D eigenvalue weighted by atomic mass is 9.77. The first-order chi connectivity index (χ1) is 33.4. The number of esters is 2. The predicted octanol–water partition coefficient (Wildman–Crippen LogP) is 9.95. The van der Waals surface area contributed by atoms with E-state index in [0.29, 0.717) is 34.6 Å². The van der Waals surface area contributed by atoms with Crippen LogP contribution in [0.2, 0.25) is 0 Å². The lowest BCUT2D eigenvalue weighted by Crippen LogP contribution is -2.71. The Morgan fingerprint density at radius 2 is 1.33 bits per heavy atom. The Morgan fingerprint density at radius 1 is 0.812 bits per heavy atom. The minimum atomic E-state index is -1.41. The van der Waals surface area contributed by atoms with Crippen molar-refractivity contribution in [2.75, 3.05) is 15.5 Å². The average molecular weight is 1070 g/mol. The molecule has 0 spiro atoms. The second kappa shape index (κ2) is 20.3. The van der Waals surface area contributed by atoms with Crippen LogP contribution in [0.15, 0.2) is 173 Å². The number of oxime groups is 1. The van der Waals surface area contributed by atoms with Crippen molar-refractivity contribution in [3.8, 4) is 0 Å². The molecule has 1 saturated heterocycles. The summed E-state index contributed by atoms with van der Waals surface area (Å²) >= 11 is 4.91. The number of fused-ring (bicyclic) bond motifs is 1. The molecule has 6 aromatic rings. The van der Waals surface area contributed by atoms with Crippen molar-refractivity contribution >= 4 is 80.3 Å². The molecule has 1 saturated carbocycles. The standard InChI is InChI=1S/C54H50IN5O7S2/c1-52(2,3)66-50(64)53(30-19-31-53)67-59-42(41-34-69-51(56-41)58-54(38-24-13-6-14-25-38,39-26-15-7-16-27-39)40-28-17-8-18-29-40)46(61)57-43-47(62)60-44(37(32-55)33-68-48(43)60)49(63)65-45(35-20-9-4-10-21-35)36-22-11-5-12-23-36/h4-18,20-29,34,43,45,48H,19,30-33H2,1-3H3,(H,56,58)(H,57,61)/b59-42-/t43?,48-/m1/s1. The number of amides is 2. The maximum atomic E-state index is 14.8. The SMILES string of the molecule is CC(C)(C)OC(=O)C1(O/N=C(\C(=O)NC2C(=O)N3C(C(=O)OC(c4ccccc4)c4ccccc4)=C(CI)CS[C@H]23)c2csc(NC(c3ccccc3)(c3ccccc3)c3ccccc3)n2)CCC1. The van der Waals surface area contributed by atoms with E-state index in [1.54, 1.807) is 26.2 Å². The molecule has 2 amide bonds. The molecule has 2 N–H and O–H groups in total. The van der Waals surface area contributed by atoms with Crippen LogP contribution in [0.4, 0.5) is 5.13 Å². The van der Waals surface area contributed by atoms with Gasteiger partial charge < -0.3 is 24.9 Å². The Hall–Kier alpha value is -6.30. The molecule has 9 rings (SSSR count). The third kappa shape index (κ3) is 9.81. The molecule has 2 atom stereocenters. The van der Waals surface area contributed by atoms with Crippen LogP contribution in [-0.4, -0.2) is 72.1 Å². The Morgan fingerprint density at radius 3 is 1.81 bits per heavy atom. The quantitative estimate of drug-likeness (QED) is 0.0183. The largest absolute Gasteiger partial charge is 0.457 e. The molecule has 2 aliphatic heterocycles. The van der Waals surface area contributed by atoms with Crippen molar-refractivity contribution in [2.45, 2.75) is 74.3 Å². The van der Waals surface area contributed by atoms with E-state index < -0.39 is 58.0 Å². The van der Waals surface area contributed by atoms with Gasteiger partial charge in [-0.15, -0.1) is 23.1 Å². The minimum Gasteiger partial charge on any atom is -0.457 e. The van der Waals surface area contributed by atoms with Crippen LogP contribution >= 0.6 is 45.7 Å². The summed E-state index contributed by atoms with van der Waals surface area (Å²) in [7, 11) is 0. The summed E-state index contributed by atoms with van der Waals surface area (Å²) in [6.45, 7) is 5.33. The zero-order valence-corrected chi connectivity index (χ0v) is 42.0. The lowest BCUT2D eigenvalue weighted by Gasteiger charge is -2.49. The number of β-lactam (4-membered cyclic amide) rings is 1. The monoisotopic (exact) mass is 1070 g/mol. The van der Waals surface area contributed by atoms with Crippen LogP contribution in [0, 0.1) is 0 Å². The average Bonchev–Trinajstić information content (AvgIpc) is 3.82. The van der Waals surface area contributed by atoms with Gasteiger partial charge in [-0.25, -0.2) is 14.6 Å². The van der Waals surface area contributed by atoms with Gasteiger partial charge >= 0.3 is 11.9 Å². The molecule has 352 valence electrons. The number of carbonyl (C=O) groups is 4. The maximum Gasteiger partial charge on any atom is 0.356 e. The Labute approximate surface area is 423 Å². The zero-order valence-electron chi connectivity index (χ0n) is 38.2. The van der Waals surface area contributed by atoms with E-state index in [1.807, 2.05) is 115 Å². The van der Waals surface area contributed by atoms with Gasteiger partial charge in [-0.3, -0.25) is 14.5 Å². The summed E-state index contributed by atoms with van der Waals surface area (Å²) in [5.41, 5.74) is 2.16. The van der Waals surface area contributed by atoms with E-state index >= 15 is 0 Å². The molecule has 5 aromatic carbocycles. The predicted molar refractivity (Wildman–Crippen MR) is 277 cm³/mol. The molecular weight excluding hydrogens is 1020 g/mol. The summed E-state index contributed by atoms with van der Waals surface area (Å²) in [6, 6.07) is 48.1. The Balaban J connectivity index is 1.03. The normalized spacial score (nSPS) is 17.8. The maximum absolute atomic E-state index is 14.8. The highest BCUT2D eigenvalue weighted by Crippen LogP contribution is 2.44. The number of benzene rings is 5. The second-order valence-corrected chi connectivity index (χ2v) is 20.7. The highest BCUT2D eigenvalue weighted by Gasteiger charge is 2.55. The molecule has 1 aliphatic carbocycles. The first-order valence-corrected chi connectivity index (χ1v) is 26.1. The first-order valence-electron chi connectivity index (χ1n) is 22.7. The van der Waals surface area contributed by atoms with Crippen molar-refractivity contribution in [3.05, 3.63) is 202 Å². The van der Waals surface area contributed by atoms with Crippen molar-refractivity contribution in [1.82, 2.24) is 15.2 Å². The molecule has 15 heteroatoms. The van der Waals surface area contributed by atoms with Crippen LogP contribution in [0.3, 0.4) is 0 Å². The summed E-state index contributed by atoms with van der Waals surface area (Å²) < 4.78 is 12.5. The van der Waals surface area contributed by atoms with Gasteiger partial charge in [0.25, 0.3) is 11.8 Å². The number of ether oxygens (including phenoxy) is 2. The van der Waals surface area contributed by atoms with E-state index in [4.69, 9.17) is 19.3 Å². The molecule has 0 bridgehead atoms.